The highest BCUT2D eigenvalue weighted by Crippen LogP contribution is 2.29. The lowest BCUT2D eigenvalue weighted by Gasteiger charge is -2.35. The molecule has 0 radical (unpaired) electrons. The van der Waals surface area contributed by atoms with Crippen molar-refractivity contribution in [3.63, 3.8) is 0 Å². The molecule has 0 spiro atoms. The van der Waals surface area contributed by atoms with Crippen LogP contribution < -0.4 is 15.0 Å². The van der Waals surface area contributed by atoms with Crippen molar-refractivity contribution in [3.05, 3.63) is 54.9 Å². The van der Waals surface area contributed by atoms with Crippen LogP contribution in [0.1, 0.15) is 18.4 Å². The van der Waals surface area contributed by atoms with Crippen molar-refractivity contribution in [2.24, 2.45) is 0 Å². The van der Waals surface area contributed by atoms with Crippen LogP contribution in [-0.2, 0) is 9.53 Å². The summed E-state index contributed by atoms with van der Waals surface area (Å²) in [4.78, 5) is 29.6. The fourth-order valence-electron chi connectivity index (χ4n) is 4.46. The zero-order valence-corrected chi connectivity index (χ0v) is 19.9. The van der Waals surface area contributed by atoms with Gasteiger partial charge in [0.25, 0.3) is 0 Å². The SMILES string of the molecule is C=CC(=O)N1CCN(c2ccc3ncnc(Nc4ccc(OC5CCCOC5)c(C)c4)c3n2)CC1. The van der Waals surface area contributed by atoms with E-state index in [4.69, 9.17) is 14.5 Å². The number of aromatic nitrogens is 3. The van der Waals surface area contributed by atoms with Crippen LogP contribution in [0.4, 0.5) is 17.3 Å². The van der Waals surface area contributed by atoms with E-state index in [1.54, 1.807) is 11.2 Å². The number of nitrogens with one attached hydrogen (secondary N) is 1. The van der Waals surface area contributed by atoms with E-state index in [0.717, 1.165) is 47.8 Å². The van der Waals surface area contributed by atoms with Crippen LogP contribution in [0.25, 0.3) is 11.0 Å². The van der Waals surface area contributed by atoms with Crippen LogP contribution in [0.5, 0.6) is 5.75 Å². The van der Waals surface area contributed by atoms with E-state index in [1.807, 2.05) is 37.3 Å². The van der Waals surface area contributed by atoms with E-state index in [-0.39, 0.29) is 12.0 Å². The van der Waals surface area contributed by atoms with Gasteiger partial charge in [-0.15, -0.1) is 0 Å². The lowest BCUT2D eigenvalue weighted by molar-refractivity contribution is -0.126. The Balaban J connectivity index is 1.33. The molecule has 182 valence electrons. The van der Waals surface area contributed by atoms with Crippen LogP contribution in [0.15, 0.2) is 49.3 Å². The van der Waals surface area contributed by atoms with Gasteiger partial charge in [-0.2, -0.15) is 0 Å². The highest BCUT2D eigenvalue weighted by atomic mass is 16.5. The number of ether oxygens (including phenoxy) is 2. The molecule has 0 bridgehead atoms. The number of anilines is 3. The zero-order valence-electron chi connectivity index (χ0n) is 19.9. The summed E-state index contributed by atoms with van der Waals surface area (Å²) in [6, 6.07) is 9.94. The summed E-state index contributed by atoms with van der Waals surface area (Å²) in [7, 11) is 0. The standard InChI is InChI=1S/C26H30N6O3/c1-3-24(33)32-12-10-31(11-13-32)23-9-7-21-25(30-23)26(28-17-27-21)29-19-6-8-22(18(2)15-19)35-20-5-4-14-34-16-20/h3,6-9,15,17,20H,1,4-5,10-14,16H2,2H3,(H,27,28,29). The van der Waals surface area contributed by atoms with Gasteiger partial charge in [0.15, 0.2) is 5.82 Å². The Morgan fingerprint density at radius 1 is 1.20 bits per heavy atom. The van der Waals surface area contributed by atoms with Crippen molar-refractivity contribution in [2.45, 2.75) is 25.9 Å². The molecular weight excluding hydrogens is 444 g/mol. The number of amides is 1. The van der Waals surface area contributed by atoms with Crippen molar-refractivity contribution in [1.82, 2.24) is 19.9 Å². The van der Waals surface area contributed by atoms with Crippen molar-refractivity contribution in [1.29, 1.82) is 0 Å². The number of benzene rings is 1. The van der Waals surface area contributed by atoms with Gasteiger partial charge in [0, 0.05) is 38.5 Å². The minimum atomic E-state index is -0.0326. The first-order valence-corrected chi connectivity index (χ1v) is 12.0. The van der Waals surface area contributed by atoms with Crippen LogP contribution in [0.2, 0.25) is 0 Å². The molecular formula is C26H30N6O3. The molecule has 0 saturated carbocycles. The molecule has 35 heavy (non-hydrogen) atoms. The molecule has 9 heteroatoms. The Morgan fingerprint density at radius 2 is 2.06 bits per heavy atom. The van der Waals surface area contributed by atoms with E-state index < -0.39 is 0 Å². The highest BCUT2D eigenvalue weighted by Gasteiger charge is 2.21. The lowest BCUT2D eigenvalue weighted by Crippen LogP contribution is -2.48. The monoisotopic (exact) mass is 474 g/mol. The fraction of sp³-hybridized carbons (Fsp3) is 0.385. The van der Waals surface area contributed by atoms with Gasteiger partial charge in [-0.25, -0.2) is 15.0 Å². The molecule has 2 aliphatic heterocycles. The third kappa shape index (κ3) is 5.19. The molecule has 2 aliphatic rings. The molecule has 0 aliphatic carbocycles. The second kappa shape index (κ2) is 10.3. The predicted molar refractivity (Wildman–Crippen MR) is 135 cm³/mol. The summed E-state index contributed by atoms with van der Waals surface area (Å²) in [6.07, 6.45) is 5.05. The Morgan fingerprint density at radius 3 is 2.80 bits per heavy atom. The smallest absolute Gasteiger partial charge is 0.246 e. The summed E-state index contributed by atoms with van der Waals surface area (Å²) in [6.45, 7) is 9.77. The number of carbonyl (C=O) groups is 1. The quantitative estimate of drug-likeness (QED) is 0.543. The number of carbonyl (C=O) groups excluding carboxylic acids is 1. The van der Waals surface area contributed by atoms with Gasteiger partial charge in [0.1, 0.15) is 29.5 Å². The maximum Gasteiger partial charge on any atom is 0.246 e. The molecule has 1 N–H and O–H groups in total. The number of nitrogens with zero attached hydrogens (tertiary/aromatic N) is 5. The molecule has 1 unspecified atom stereocenters. The summed E-state index contributed by atoms with van der Waals surface area (Å²) in [5.41, 5.74) is 3.41. The maximum absolute atomic E-state index is 11.9. The second-order valence-electron chi connectivity index (χ2n) is 8.84. The van der Waals surface area contributed by atoms with E-state index >= 15 is 0 Å². The largest absolute Gasteiger partial charge is 0.488 e. The zero-order chi connectivity index (χ0) is 24.2. The normalized spacial score (nSPS) is 18.4. The third-order valence-corrected chi connectivity index (χ3v) is 6.41. The second-order valence-corrected chi connectivity index (χ2v) is 8.84. The van der Waals surface area contributed by atoms with Gasteiger partial charge in [-0.3, -0.25) is 4.79 Å². The van der Waals surface area contributed by atoms with E-state index in [9.17, 15) is 4.79 Å². The van der Waals surface area contributed by atoms with Gasteiger partial charge >= 0.3 is 0 Å². The van der Waals surface area contributed by atoms with E-state index in [1.165, 1.54) is 6.08 Å². The Labute approximate surface area is 204 Å². The number of aryl methyl sites for hydroxylation is 1. The first-order chi connectivity index (χ1) is 17.1. The molecule has 2 fully saturated rings. The van der Waals surface area contributed by atoms with E-state index in [0.29, 0.717) is 44.1 Å². The van der Waals surface area contributed by atoms with Gasteiger partial charge in [0.2, 0.25) is 5.91 Å². The molecule has 2 aromatic heterocycles. The number of hydrogen-bond donors (Lipinski definition) is 1. The predicted octanol–water partition coefficient (Wildman–Crippen LogP) is 3.47. The average Bonchev–Trinajstić information content (AvgIpc) is 2.90. The summed E-state index contributed by atoms with van der Waals surface area (Å²) in [5.74, 6) is 2.32. The molecule has 9 nitrogen and oxygen atoms in total. The Hall–Kier alpha value is -3.72. The van der Waals surface area contributed by atoms with Gasteiger partial charge in [-0.1, -0.05) is 6.58 Å². The topological polar surface area (TPSA) is 92.7 Å². The minimum absolute atomic E-state index is 0.0326. The van der Waals surface area contributed by atoms with Crippen molar-refractivity contribution in [2.75, 3.05) is 49.6 Å². The van der Waals surface area contributed by atoms with E-state index in [2.05, 4.69) is 26.8 Å². The van der Waals surface area contributed by atoms with Crippen LogP contribution in [-0.4, -0.2) is 71.3 Å². The van der Waals surface area contributed by atoms with Gasteiger partial charge in [-0.05, 0) is 61.7 Å². The average molecular weight is 475 g/mol. The van der Waals surface area contributed by atoms with Gasteiger partial charge in [0.05, 0.1) is 12.1 Å². The number of piperazine rings is 1. The maximum atomic E-state index is 11.9. The first-order valence-electron chi connectivity index (χ1n) is 12.0. The van der Waals surface area contributed by atoms with Crippen molar-refractivity contribution < 1.29 is 14.3 Å². The number of hydrogen-bond acceptors (Lipinski definition) is 8. The Kier molecular flexibility index (Phi) is 6.76. The van der Waals surface area contributed by atoms with Crippen LogP contribution >= 0.6 is 0 Å². The lowest BCUT2D eigenvalue weighted by atomic mass is 10.1. The van der Waals surface area contributed by atoms with Crippen molar-refractivity contribution in [3.8, 4) is 5.75 Å². The highest BCUT2D eigenvalue weighted by molar-refractivity contribution is 5.88. The van der Waals surface area contributed by atoms with Crippen LogP contribution in [0, 0.1) is 6.92 Å². The minimum Gasteiger partial charge on any atom is -0.488 e. The number of fused-ring (bicyclic) bond motifs is 1. The van der Waals surface area contributed by atoms with Crippen molar-refractivity contribution >= 4 is 34.3 Å². The molecule has 2 saturated heterocycles. The molecule has 1 aromatic carbocycles. The number of pyridine rings is 1. The first kappa shape index (κ1) is 23.0. The molecule has 4 heterocycles. The fourth-order valence-corrected chi connectivity index (χ4v) is 4.46. The molecule has 5 rings (SSSR count). The summed E-state index contributed by atoms with van der Waals surface area (Å²) < 4.78 is 11.7. The summed E-state index contributed by atoms with van der Waals surface area (Å²) >= 11 is 0. The summed E-state index contributed by atoms with van der Waals surface area (Å²) in [5, 5.41) is 3.40. The third-order valence-electron chi connectivity index (χ3n) is 6.41. The van der Waals surface area contributed by atoms with Gasteiger partial charge < -0.3 is 24.6 Å². The molecule has 3 aromatic rings. The molecule has 1 amide bonds. The number of rotatable bonds is 6. The van der Waals surface area contributed by atoms with Crippen LogP contribution in [0.3, 0.4) is 0 Å². The molecule has 1 atom stereocenters. The Bertz CT molecular complexity index is 1220.